The Bertz CT molecular complexity index is 394. The van der Waals surface area contributed by atoms with Crippen LogP contribution in [0, 0.1) is 0 Å². The maximum absolute atomic E-state index is 5.98. The molecule has 0 aromatic carbocycles. The topological polar surface area (TPSA) is 44.2 Å². The minimum absolute atomic E-state index is 0.211. The second kappa shape index (κ2) is 5.99. The monoisotopic (exact) mass is 288 g/mol. The smallest absolute Gasteiger partial charge is 0.234 e. The van der Waals surface area contributed by atoms with Gasteiger partial charge in [-0.05, 0) is 18.1 Å². The molecule has 0 N–H and O–H groups in total. The molecule has 1 rings (SSSR count). The molecule has 0 aliphatic heterocycles. The van der Waals surface area contributed by atoms with E-state index in [2.05, 4.69) is 44.1 Å². The first-order valence-electron chi connectivity index (χ1n) is 5.97. The zero-order valence-corrected chi connectivity index (χ0v) is 13.4. The Morgan fingerprint density at radius 3 is 2.50 bits per heavy atom. The molecule has 0 saturated heterocycles. The molecule has 0 bridgehead atoms. The highest BCUT2D eigenvalue weighted by atomic mass is 35.5. The number of ether oxygens (including phenoxy) is 1. The normalized spacial score (nSPS) is 12.6. The average molecular weight is 289 g/mol. The lowest BCUT2D eigenvalue weighted by Gasteiger charge is -2.36. The summed E-state index contributed by atoms with van der Waals surface area (Å²) in [5.41, 5.74) is 0. The number of aromatic nitrogens is 2. The minimum atomic E-state index is -1.70. The standard InChI is InChI=1S/C12H21ClN2O2Si/c1-12(2,3)18(4,5)17-7-6-16-11-8-10(13)9-14-15-11/h8-9H,6-7H2,1-5H3. The van der Waals surface area contributed by atoms with Crippen LogP contribution in [-0.4, -0.2) is 31.7 Å². The van der Waals surface area contributed by atoms with Crippen LogP contribution in [0.25, 0.3) is 0 Å². The van der Waals surface area contributed by atoms with Crippen LogP contribution in [0.4, 0.5) is 0 Å². The molecule has 18 heavy (non-hydrogen) atoms. The van der Waals surface area contributed by atoms with Crippen LogP contribution in [0.2, 0.25) is 23.2 Å². The molecule has 0 aliphatic carbocycles. The first kappa shape index (κ1) is 15.4. The fourth-order valence-corrected chi connectivity index (χ4v) is 2.22. The van der Waals surface area contributed by atoms with Crippen molar-refractivity contribution >= 4 is 19.9 Å². The quantitative estimate of drug-likeness (QED) is 0.614. The van der Waals surface area contributed by atoms with Crippen molar-refractivity contribution < 1.29 is 9.16 Å². The Morgan fingerprint density at radius 2 is 1.94 bits per heavy atom. The summed E-state index contributed by atoms with van der Waals surface area (Å²) in [6.07, 6.45) is 1.47. The molecule has 0 atom stereocenters. The Morgan fingerprint density at radius 1 is 1.28 bits per heavy atom. The van der Waals surface area contributed by atoms with Crippen molar-refractivity contribution in [2.24, 2.45) is 0 Å². The molecule has 0 amide bonds. The van der Waals surface area contributed by atoms with Gasteiger partial charge in [-0.2, -0.15) is 5.10 Å². The number of hydrogen-bond acceptors (Lipinski definition) is 4. The van der Waals surface area contributed by atoms with Gasteiger partial charge in [0.05, 0.1) is 17.8 Å². The zero-order valence-electron chi connectivity index (χ0n) is 11.7. The highest BCUT2D eigenvalue weighted by Crippen LogP contribution is 2.36. The van der Waals surface area contributed by atoms with Crippen LogP contribution >= 0.6 is 11.6 Å². The lowest BCUT2D eigenvalue weighted by Crippen LogP contribution is -2.41. The molecule has 0 fully saturated rings. The van der Waals surface area contributed by atoms with Crippen molar-refractivity contribution in [3.8, 4) is 5.88 Å². The van der Waals surface area contributed by atoms with Crippen molar-refractivity contribution in [1.82, 2.24) is 10.2 Å². The molecule has 0 radical (unpaired) electrons. The Labute approximate surface area is 115 Å². The highest BCUT2D eigenvalue weighted by Gasteiger charge is 2.36. The Kier molecular flexibility index (Phi) is 5.13. The molecule has 6 heteroatoms. The zero-order chi connectivity index (χ0) is 13.8. The van der Waals surface area contributed by atoms with Gasteiger partial charge in [0.1, 0.15) is 6.61 Å². The number of halogens is 1. The van der Waals surface area contributed by atoms with E-state index in [1.807, 2.05) is 0 Å². The van der Waals surface area contributed by atoms with Gasteiger partial charge >= 0.3 is 0 Å². The fourth-order valence-electron chi connectivity index (χ4n) is 1.06. The summed E-state index contributed by atoms with van der Waals surface area (Å²) < 4.78 is 11.4. The fraction of sp³-hybridized carbons (Fsp3) is 0.667. The molecule has 1 heterocycles. The highest BCUT2D eigenvalue weighted by molar-refractivity contribution is 6.74. The number of nitrogens with zero attached hydrogens (tertiary/aromatic N) is 2. The first-order valence-corrected chi connectivity index (χ1v) is 9.26. The van der Waals surface area contributed by atoms with Crippen molar-refractivity contribution in [2.45, 2.75) is 38.9 Å². The molecular weight excluding hydrogens is 268 g/mol. The summed E-state index contributed by atoms with van der Waals surface area (Å²) in [6.45, 7) is 12.1. The third-order valence-corrected chi connectivity index (χ3v) is 7.95. The SMILES string of the molecule is CC(C)(C)[Si](C)(C)OCCOc1cc(Cl)cnn1. The van der Waals surface area contributed by atoms with Gasteiger partial charge in [-0.3, -0.25) is 0 Å². The lowest BCUT2D eigenvalue weighted by molar-refractivity contribution is 0.198. The third-order valence-electron chi connectivity index (χ3n) is 3.20. The van der Waals surface area contributed by atoms with E-state index in [1.165, 1.54) is 6.20 Å². The second-order valence-corrected chi connectivity index (χ2v) is 10.9. The van der Waals surface area contributed by atoms with Crippen LogP contribution in [-0.2, 0) is 4.43 Å². The van der Waals surface area contributed by atoms with E-state index in [0.29, 0.717) is 24.1 Å². The largest absolute Gasteiger partial charge is 0.474 e. The van der Waals surface area contributed by atoms with Crippen molar-refractivity contribution in [3.05, 3.63) is 17.3 Å². The molecule has 0 spiro atoms. The van der Waals surface area contributed by atoms with Gasteiger partial charge in [0.2, 0.25) is 5.88 Å². The first-order chi connectivity index (χ1) is 8.22. The molecular formula is C12H21ClN2O2Si. The van der Waals surface area contributed by atoms with Gasteiger partial charge in [0.15, 0.2) is 8.32 Å². The summed E-state index contributed by atoms with van der Waals surface area (Å²) in [7, 11) is -1.70. The molecule has 1 aromatic rings. The van der Waals surface area contributed by atoms with Crippen LogP contribution < -0.4 is 4.74 Å². The van der Waals surface area contributed by atoms with Gasteiger partial charge in [-0.25, -0.2) is 0 Å². The second-order valence-electron chi connectivity index (χ2n) is 5.67. The molecule has 1 aromatic heterocycles. The summed E-state index contributed by atoms with van der Waals surface area (Å²) in [6, 6.07) is 1.64. The van der Waals surface area contributed by atoms with Gasteiger partial charge in [-0.15, -0.1) is 5.10 Å². The predicted molar refractivity (Wildman–Crippen MR) is 75.7 cm³/mol. The third kappa shape index (κ3) is 4.55. The summed E-state index contributed by atoms with van der Waals surface area (Å²) in [5.74, 6) is 0.432. The van der Waals surface area contributed by atoms with Crippen molar-refractivity contribution in [2.75, 3.05) is 13.2 Å². The Hall–Kier alpha value is -0.653. The average Bonchev–Trinajstić information content (AvgIpc) is 2.23. The predicted octanol–water partition coefficient (Wildman–Crippen LogP) is 3.53. The molecule has 0 saturated carbocycles. The van der Waals surface area contributed by atoms with E-state index in [0.717, 1.165) is 0 Å². The van der Waals surface area contributed by atoms with Gasteiger partial charge in [0, 0.05) is 6.07 Å². The summed E-state index contributed by atoms with van der Waals surface area (Å²) in [4.78, 5) is 0. The van der Waals surface area contributed by atoms with Crippen molar-refractivity contribution in [1.29, 1.82) is 0 Å². The molecule has 0 unspecified atom stereocenters. The van der Waals surface area contributed by atoms with E-state index >= 15 is 0 Å². The van der Waals surface area contributed by atoms with Crippen LogP contribution in [0.5, 0.6) is 5.88 Å². The number of hydrogen-bond donors (Lipinski definition) is 0. The molecule has 4 nitrogen and oxygen atoms in total. The molecule has 102 valence electrons. The molecule has 0 aliphatic rings. The Balaban J connectivity index is 2.35. The minimum Gasteiger partial charge on any atom is -0.474 e. The van der Waals surface area contributed by atoms with Crippen LogP contribution in [0.3, 0.4) is 0 Å². The van der Waals surface area contributed by atoms with E-state index < -0.39 is 8.32 Å². The van der Waals surface area contributed by atoms with E-state index in [9.17, 15) is 0 Å². The van der Waals surface area contributed by atoms with Gasteiger partial charge in [-0.1, -0.05) is 32.4 Å². The van der Waals surface area contributed by atoms with Crippen LogP contribution in [0.1, 0.15) is 20.8 Å². The summed E-state index contributed by atoms with van der Waals surface area (Å²) >= 11 is 5.78. The van der Waals surface area contributed by atoms with Crippen molar-refractivity contribution in [3.63, 3.8) is 0 Å². The van der Waals surface area contributed by atoms with Gasteiger partial charge < -0.3 is 9.16 Å². The maximum Gasteiger partial charge on any atom is 0.234 e. The van der Waals surface area contributed by atoms with E-state index in [4.69, 9.17) is 20.8 Å². The lowest BCUT2D eigenvalue weighted by atomic mass is 10.2. The van der Waals surface area contributed by atoms with Crippen LogP contribution in [0.15, 0.2) is 12.3 Å². The number of rotatable bonds is 5. The maximum atomic E-state index is 5.98. The van der Waals surface area contributed by atoms with Gasteiger partial charge in [0.25, 0.3) is 0 Å². The summed E-state index contributed by atoms with van der Waals surface area (Å²) in [5, 5.41) is 8.26. The van der Waals surface area contributed by atoms with E-state index in [-0.39, 0.29) is 5.04 Å². The van der Waals surface area contributed by atoms with E-state index in [1.54, 1.807) is 6.07 Å².